The van der Waals surface area contributed by atoms with Gasteiger partial charge in [0.2, 0.25) is 15.9 Å². The highest BCUT2D eigenvalue weighted by atomic mass is 32.2. The number of benzene rings is 2. The molecule has 21 heavy (non-hydrogen) atoms. The molecular formula is C14H13FN2O3S. The molecule has 2 aromatic rings. The highest BCUT2D eigenvalue weighted by Gasteiger charge is 2.10. The van der Waals surface area contributed by atoms with Gasteiger partial charge < -0.3 is 5.32 Å². The lowest BCUT2D eigenvalue weighted by Gasteiger charge is -2.06. The smallest absolute Gasteiger partial charge is 0.238 e. The second-order valence-electron chi connectivity index (χ2n) is 4.39. The highest BCUT2D eigenvalue weighted by Crippen LogP contribution is 2.14. The summed E-state index contributed by atoms with van der Waals surface area (Å²) in [5, 5.41) is 7.53. The molecule has 0 aliphatic carbocycles. The second kappa shape index (κ2) is 6.02. The van der Waals surface area contributed by atoms with Crippen molar-refractivity contribution in [3.05, 3.63) is 59.9 Å². The molecular weight excluding hydrogens is 295 g/mol. The standard InChI is InChI=1S/C14H13FN2O3S/c15-13-4-2-1-3-10(13)9-14(18)17-11-5-7-12(8-6-11)21(16,19)20/h1-8H,9H2,(H,17,18)(H2,16,19,20). The van der Waals surface area contributed by atoms with Crippen LogP contribution in [0.15, 0.2) is 53.4 Å². The minimum atomic E-state index is -3.76. The van der Waals surface area contributed by atoms with Crippen LogP contribution in [0.1, 0.15) is 5.56 Å². The number of amides is 1. The van der Waals surface area contributed by atoms with Crippen molar-refractivity contribution >= 4 is 21.6 Å². The summed E-state index contributed by atoms with van der Waals surface area (Å²) in [5.74, 6) is -0.847. The first-order valence-electron chi connectivity index (χ1n) is 6.02. The molecule has 0 bridgehead atoms. The van der Waals surface area contributed by atoms with E-state index in [9.17, 15) is 17.6 Å². The summed E-state index contributed by atoms with van der Waals surface area (Å²) >= 11 is 0. The van der Waals surface area contributed by atoms with Gasteiger partial charge in [0.25, 0.3) is 0 Å². The zero-order valence-corrected chi connectivity index (χ0v) is 11.7. The van der Waals surface area contributed by atoms with Gasteiger partial charge in [0, 0.05) is 5.69 Å². The van der Waals surface area contributed by atoms with Gasteiger partial charge >= 0.3 is 0 Å². The van der Waals surface area contributed by atoms with Gasteiger partial charge in [-0.1, -0.05) is 18.2 Å². The first-order valence-corrected chi connectivity index (χ1v) is 7.57. The third kappa shape index (κ3) is 4.11. The highest BCUT2D eigenvalue weighted by molar-refractivity contribution is 7.89. The molecule has 110 valence electrons. The van der Waals surface area contributed by atoms with Crippen molar-refractivity contribution < 1.29 is 17.6 Å². The summed E-state index contributed by atoms with van der Waals surface area (Å²) in [5.41, 5.74) is 0.694. The fraction of sp³-hybridized carbons (Fsp3) is 0.0714. The van der Waals surface area contributed by atoms with Gasteiger partial charge in [0.05, 0.1) is 11.3 Å². The number of nitrogens with one attached hydrogen (secondary N) is 1. The van der Waals surface area contributed by atoms with Gasteiger partial charge in [-0.3, -0.25) is 4.79 Å². The molecule has 1 amide bonds. The van der Waals surface area contributed by atoms with E-state index in [4.69, 9.17) is 5.14 Å². The SMILES string of the molecule is NS(=O)(=O)c1ccc(NC(=O)Cc2ccccc2F)cc1. The molecule has 0 spiro atoms. The van der Waals surface area contributed by atoms with E-state index in [-0.39, 0.29) is 16.9 Å². The molecule has 0 saturated heterocycles. The molecule has 2 rings (SSSR count). The number of halogens is 1. The number of hydrogen-bond acceptors (Lipinski definition) is 3. The fourth-order valence-electron chi connectivity index (χ4n) is 1.75. The Morgan fingerprint density at radius 2 is 1.71 bits per heavy atom. The van der Waals surface area contributed by atoms with Crippen LogP contribution in [0.25, 0.3) is 0 Å². The normalized spacial score (nSPS) is 11.1. The topological polar surface area (TPSA) is 89.3 Å². The second-order valence-corrected chi connectivity index (χ2v) is 5.95. The van der Waals surface area contributed by atoms with Crippen LogP contribution < -0.4 is 10.5 Å². The lowest BCUT2D eigenvalue weighted by Crippen LogP contribution is -2.16. The maximum Gasteiger partial charge on any atom is 0.238 e. The fourth-order valence-corrected chi connectivity index (χ4v) is 2.26. The average Bonchev–Trinajstić information content (AvgIpc) is 2.41. The van der Waals surface area contributed by atoms with Gasteiger partial charge in [0.1, 0.15) is 5.82 Å². The molecule has 7 heteroatoms. The number of rotatable bonds is 4. The van der Waals surface area contributed by atoms with Crippen molar-refractivity contribution in [2.45, 2.75) is 11.3 Å². The summed E-state index contributed by atoms with van der Waals surface area (Å²) in [6.07, 6.45) is -0.108. The van der Waals surface area contributed by atoms with Crippen molar-refractivity contribution in [1.29, 1.82) is 0 Å². The Balaban J connectivity index is 2.05. The lowest BCUT2D eigenvalue weighted by atomic mass is 10.1. The largest absolute Gasteiger partial charge is 0.326 e. The van der Waals surface area contributed by atoms with Crippen molar-refractivity contribution in [3.63, 3.8) is 0 Å². The number of primary sulfonamides is 1. The van der Waals surface area contributed by atoms with Gasteiger partial charge in [-0.05, 0) is 35.9 Å². The number of carbonyl (C=O) groups is 1. The molecule has 0 saturated carbocycles. The van der Waals surface area contributed by atoms with E-state index in [2.05, 4.69) is 5.32 Å². The summed E-state index contributed by atoms with van der Waals surface area (Å²) in [4.78, 5) is 11.7. The van der Waals surface area contributed by atoms with E-state index in [1.807, 2.05) is 0 Å². The monoisotopic (exact) mass is 308 g/mol. The van der Waals surface area contributed by atoms with Crippen molar-refractivity contribution in [2.75, 3.05) is 5.32 Å². The Hall–Kier alpha value is -2.25. The van der Waals surface area contributed by atoms with Crippen LogP contribution in [0.4, 0.5) is 10.1 Å². The van der Waals surface area contributed by atoms with Crippen LogP contribution in [-0.2, 0) is 21.2 Å². The molecule has 0 fully saturated rings. The predicted molar refractivity (Wildman–Crippen MR) is 76.5 cm³/mol. The van der Waals surface area contributed by atoms with Gasteiger partial charge in [-0.25, -0.2) is 17.9 Å². The summed E-state index contributed by atoms with van der Waals surface area (Å²) in [6, 6.07) is 11.4. The summed E-state index contributed by atoms with van der Waals surface area (Å²) in [6.45, 7) is 0. The van der Waals surface area contributed by atoms with Crippen molar-refractivity contribution in [1.82, 2.24) is 0 Å². The molecule has 3 N–H and O–H groups in total. The van der Waals surface area contributed by atoms with Gasteiger partial charge in [0.15, 0.2) is 0 Å². The maximum absolute atomic E-state index is 13.4. The first kappa shape index (κ1) is 15.1. The first-order chi connectivity index (χ1) is 9.86. The Morgan fingerprint density at radius 3 is 2.29 bits per heavy atom. The Labute approximate surface area is 121 Å². The third-order valence-electron chi connectivity index (χ3n) is 2.78. The number of carbonyl (C=O) groups excluding carboxylic acids is 1. The zero-order chi connectivity index (χ0) is 15.5. The predicted octanol–water partition coefficient (Wildman–Crippen LogP) is 1.65. The average molecular weight is 308 g/mol. The van der Waals surface area contributed by atoms with Crippen LogP contribution in [-0.4, -0.2) is 14.3 Å². The molecule has 0 aromatic heterocycles. The molecule has 0 unspecified atom stereocenters. The van der Waals surface area contributed by atoms with Crippen molar-refractivity contribution in [2.24, 2.45) is 5.14 Å². The Morgan fingerprint density at radius 1 is 1.10 bits per heavy atom. The molecule has 0 radical (unpaired) electrons. The number of anilines is 1. The lowest BCUT2D eigenvalue weighted by molar-refractivity contribution is -0.115. The number of nitrogens with two attached hydrogens (primary N) is 1. The molecule has 0 heterocycles. The van der Waals surface area contributed by atoms with E-state index in [1.54, 1.807) is 12.1 Å². The van der Waals surface area contributed by atoms with Crippen LogP contribution >= 0.6 is 0 Å². The molecule has 0 aliphatic heterocycles. The maximum atomic E-state index is 13.4. The zero-order valence-electron chi connectivity index (χ0n) is 10.9. The van der Waals surface area contributed by atoms with Crippen LogP contribution in [0.5, 0.6) is 0 Å². The molecule has 5 nitrogen and oxygen atoms in total. The Bertz CT molecular complexity index is 758. The van der Waals surface area contributed by atoms with Crippen LogP contribution in [0, 0.1) is 5.82 Å². The minimum absolute atomic E-state index is 0.0467. The summed E-state index contributed by atoms with van der Waals surface area (Å²) < 4.78 is 35.6. The molecule has 2 aromatic carbocycles. The van der Waals surface area contributed by atoms with Crippen LogP contribution in [0.2, 0.25) is 0 Å². The molecule has 0 atom stereocenters. The molecule has 0 aliphatic rings. The number of hydrogen-bond donors (Lipinski definition) is 2. The van der Waals surface area contributed by atoms with E-state index in [0.29, 0.717) is 5.69 Å². The summed E-state index contributed by atoms with van der Waals surface area (Å²) in [7, 11) is -3.76. The number of sulfonamides is 1. The Kier molecular flexibility index (Phi) is 4.35. The van der Waals surface area contributed by atoms with Gasteiger partial charge in [-0.2, -0.15) is 0 Å². The van der Waals surface area contributed by atoms with E-state index >= 15 is 0 Å². The van der Waals surface area contributed by atoms with Crippen molar-refractivity contribution in [3.8, 4) is 0 Å². The quantitative estimate of drug-likeness (QED) is 0.900. The van der Waals surface area contributed by atoms with Crippen LogP contribution in [0.3, 0.4) is 0 Å². The van der Waals surface area contributed by atoms with Gasteiger partial charge in [-0.15, -0.1) is 0 Å². The van der Waals surface area contributed by atoms with E-state index in [1.165, 1.54) is 36.4 Å². The minimum Gasteiger partial charge on any atom is -0.326 e. The van der Waals surface area contributed by atoms with E-state index in [0.717, 1.165) is 0 Å². The van der Waals surface area contributed by atoms with E-state index < -0.39 is 21.7 Å². The third-order valence-corrected chi connectivity index (χ3v) is 3.70.